The Morgan fingerprint density at radius 1 is 1.14 bits per heavy atom. The van der Waals surface area contributed by atoms with E-state index in [4.69, 9.17) is 4.74 Å². The van der Waals surface area contributed by atoms with Gasteiger partial charge in [-0.15, -0.1) is 0 Å². The van der Waals surface area contributed by atoms with Crippen LogP contribution < -0.4 is 4.74 Å². The van der Waals surface area contributed by atoms with Gasteiger partial charge in [-0.2, -0.15) is 5.10 Å². The van der Waals surface area contributed by atoms with E-state index in [9.17, 15) is 18.3 Å². The second-order valence-corrected chi connectivity index (χ2v) is 8.80. The van der Waals surface area contributed by atoms with Gasteiger partial charge in [0.05, 0.1) is 36.8 Å². The Labute approximate surface area is 205 Å². The van der Waals surface area contributed by atoms with Crippen LogP contribution >= 0.6 is 0 Å². The Morgan fingerprint density at radius 3 is 2.58 bits per heavy atom. The molecule has 0 saturated heterocycles. The molecular formula is C26H24F3N5O2. The SMILES string of the molecule is COc1cc(C=Cc2nc3n(n2)CCC[C@@]3(CO)c2cc(F)c(F)c(F)c2)ccc1-n1cnc(C)c1. The van der Waals surface area contributed by atoms with E-state index >= 15 is 0 Å². The minimum Gasteiger partial charge on any atom is -0.495 e. The summed E-state index contributed by atoms with van der Waals surface area (Å²) in [4.78, 5) is 8.83. The topological polar surface area (TPSA) is 78.0 Å². The number of nitrogens with zero attached hydrogens (tertiary/aromatic N) is 5. The average molecular weight is 496 g/mol. The van der Waals surface area contributed by atoms with E-state index < -0.39 is 29.5 Å². The highest BCUT2D eigenvalue weighted by Crippen LogP contribution is 2.40. The molecule has 4 aromatic rings. The highest BCUT2D eigenvalue weighted by Gasteiger charge is 2.42. The van der Waals surface area contributed by atoms with Crippen LogP contribution in [-0.4, -0.2) is 43.1 Å². The molecule has 0 aliphatic carbocycles. The first-order valence-electron chi connectivity index (χ1n) is 11.4. The van der Waals surface area contributed by atoms with Gasteiger partial charge in [0, 0.05) is 12.7 Å². The Morgan fingerprint density at radius 2 is 1.92 bits per heavy atom. The number of aliphatic hydroxyl groups is 1. The number of aliphatic hydroxyl groups excluding tert-OH is 1. The van der Waals surface area contributed by atoms with Crippen molar-refractivity contribution in [3.05, 3.63) is 88.8 Å². The molecule has 0 spiro atoms. The van der Waals surface area contributed by atoms with E-state index in [0.717, 1.165) is 29.1 Å². The number of methoxy groups -OCH3 is 1. The smallest absolute Gasteiger partial charge is 0.194 e. The fourth-order valence-corrected chi connectivity index (χ4v) is 4.66. The third kappa shape index (κ3) is 4.07. The van der Waals surface area contributed by atoms with Gasteiger partial charge in [-0.3, -0.25) is 0 Å². The maximum absolute atomic E-state index is 14.0. The predicted molar refractivity (Wildman–Crippen MR) is 127 cm³/mol. The molecule has 0 amide bonds. The molecule has 1 atom stereocenters. The predicted octanol–water partition coefficient (Wildman–Crippen LogP) is 4.44. The van der Waals surface area contributed by atoms with Crippen molar-refractivity contribution in [1.82, 2.24) is 24.3 Å². The number of rotatable bonds is 6. The van der Waals surface area contributed by atoms with Crippen LogP contribution in [0.1, 0.15) is 41.3 Å². The van der Waals surface area contributed by atoms with Crippen molar-refractivity contribution >= 4 is 12.2 Å². The number of imidazole rings is 1. The fourth-order valence-electron chi connectivity index (χ4n) is 4.66. The number of aromatic nitrogens is 5. The minimum absolute atomic E-state index is 0.125. The second kappa shape index (κ2) is 9.27. The first-order chi connectivity index (χ1) is 17.3. The van der Waals surface area contributed by atoms with Crippen molar-refractivity contribution in [3.63, 3.8) is 0 Å². The largest absolute Gasteiger partial charge is 0.495 e. The summed E-state index contributed by atoms with van der Waals surface area (Å²) in [6.45, 7) is 1.99. The first kappa shape index (κ1) is 23.8. The second-order valence-electron chi connectivity index (χ2n) is 8.80. The van der Waals surface area contributed by atoms with Gasteiger partial charge in [0.1, 0.15) is 11.6 Å². The monoisotopic (exact) mass is 495 g/mol. The summed E-state index contributed by atoms with van der Waals surface area (Å²) >= 11 is 0. The number of fused-ring (bicyclic) bond motifs is 1. The van der Waals surface area contributed by atoms with Gasteiger partial charge in [0.2, 0.25) is 0 Å². The Balaban J connectivity index is 1.48. The van der Waals surface area contributed by atoms with E-state index in [2.05, 4.69) is 15.1 Å². The molecule has 1 N–H and O–H groups in total. The number of hydrogen-bond acceptors (Lipinski definition) is 5. The van der Waals surface area contributed by atoms with E-state index in [0.29, 0.717) is 36.8 Å². The molecule has 2 aromatic carbocycles. The van der Waals surface area contributed by atoms with Crippen LogP contribution in [0.5, 0.6) is 5.75 Å². The lowest BCUT2D eigenvalue weighted by Crippen LogP contribution is -2.39. The van der Waals surface area contributed by atoms with Crippen molar-refractivity contribution in [2.45, 2.75) is 31.7 Å². The van der Waals surface area contributed by atoms with Gasteiger partial charge in [-0.05, 0) is 61.2 Å². The highest BCUT2D eigenvalue weighted by atomic mass is 19.2. The van der Waals surface area contributed by atoms with Crippen molar-refractivity contribution in [1.29, 1.82) is 0 Å². The van der Waals surface area contributed by atoms with Gasteiger partial charge < -0.3 is 14.4 Å². The average Bonchev–Trinajstić information content (AvgIpc) is 3.51. The molecule has 1 aliphatic rings. The molecule has 0 bridgehead atoms. The highest BCUT2D eigenvalue weighted by molar-refractivity contribution is 5.69. The standard InChI is InChI=1S/C26H24F3N5O2/c1-16-13-33(15-30-16)21-6-4-17(10-22(21)36-2)5-7-23-31-25-26(14-35,8-3-9-34(25)32-23)18-11-19(27)24(29)20(28)12-18/h4-7,10-13,15,35H,3,8-9,14H2,1-2H3/t26-/m1/s1. The van der Waals surface area contributed by atoms with Crippen LogP contribution in [0.4, 0.5) is 13.2 Å². The zero-order valence-corrected chi connectivity index (χ0v) is 19.8. The quantitative estimate of drug-likeness (QED) is 0.400. The normalized spacial score (nSPS) is 17.5. The van der Waals surface area contributed by atoms with Crippen LogP contribution in [0.15, 0.2) is 42.9 Å². The third-order valence-electron chi connectivity index (χ3n) is 6.51. The third-order valence-corrected chi connectivity index (χ3v) is 6.51. The van der Waals surface area contributed by atoms with E-state index in [1.807, 2.05) is 42.0 Å². The number of halogens is 3. The molecule has 1 aliphatic heterocycles. The summed E-state index contributed by atoms with van der Waals surface area (Å²) in [7, 11) is 1.59. The van der Waals surface area contributed by atoms with Crippen molar-refractivity contribution in [2.75, 3.05) is 13.7 Å². The molecule has 3 heterocycles. The van der Waals surface area contributed by atoms with Crippen LogP contribution in [0.25, 0.3) is 17.8 Å². The molecule has 0 fully saturated rings. The van der Waals surface area contributed by atoms with Gasteiger partial charge in [-0.1, -0.05) is 12.1 Å². The zero-order chi connectivity index (χ0) is 25.4. The van der Waals surface area contributed by atoms with Gasteiger partial charge >= 0.3 is 0 Å². The molecule has 186 valence electrons. The summed E-state index contributed by atoms with van der Waals surface area (Å²) in [5.41, 5.74) is 1.51. The van der Waals surface area contributed by atoms with Crippen molar-refractivity contribution in [2.24, 2.45) is 0 Å². The lowest BCUT2D eigenvalue weighted by atomic mass is 9.74. The molecule has 10 heteroatoms. The molecule has 0 unspecified atom stereocenters. The van der Waals surface area contributed by atoms with Gasteiger partial charge in [0.25, 0.3) is 0 Å². The number of aryl methyl sites for hydroxylation is 2. The lowest BCUT2D eigenvalue weighted by molar-refractivity contribution is 0.180. The van der Waals surface area contributed by atoms with E-state index in [-0.39, 0.29) is 5.56 Å². The van der Waals surface area contributed by atoms with Crippen LogP contribution in [-0.2, 0) is 12.0 Å². The summed E-state index contributed by atoms with van der Waals surface area (Å²) < 4.78 is 50.7. The molecular weight excluding hydrogens is 471 g/mol. The van der Waals surface area contributed by atoms with Crippen molar-refractivity contribution < 1.29 is 23.0 Å². The maximum Gasteiger partial charge on any atom is 0.194 e. The van der Waals surface area contributed by atoms with Crippen molar-refractivity contribution in [3.8, 4) is 11.4 Å². The molecule has 0 radical (unpaired) electrons. The molecule has 36 heavy (non-hydrogen) atoms. The minimum atomic E-state index is -1.54. The molecule has 5 rings (SSSR count). The summed E-state index contributed by atoms with van der Waals surface area (Å²) in [6, 6.07) is 7.55. The van der Waals surface area contributed by atoms with Crippen LogP contribution in [0.3, 0.4) is 0 Å². The fraction of sp³-hybridized carbons (Fsp3) is 0.269. The summed E-state index contributed by atoms with van der Waals surface area (Å²) in [5.74, 6) is -2.75. The molecule has 0 saturated carbocycles. The molecule has 2 aromatic heterocycles. The number of benzene rings is 2. The van der Waals surface area contributed by atoms with Gasteiger partial charge in [0.15, 0.2) is 23.3 Å². The van der Waals surface area contributed by atoms with E-state index in [1.54, 1.807) is 24.2 Å². The summed E-state index contributed by atoms with van der Waals surface area (Å²) in [5, 5.41) is 14.8. The number of ether oxygens (including phenoxy) is 1. The molecule has 7 nitrogen and oxygen atoms in total. The Bertz CT molecular complexity index is 1440. The zero-order valence-electron chi connectivity index (χ0n) is 19.8. The lowest BCUT2D eigenvalue weighted by Gasteiger charge is -2.35. The van der Waals surface area contributed by atoms with Crippen LogP contribution in [0.2, 0.25) is 0 Å². The van der Waals surface area contributed by atoms with Gasteiger partial charge in [-0.25, -0.2) is 27.8 Å². The maximum atomic E-state index is 14.0. The number of hydrogen-bond donors (Lipinski definition) is 1. The Kier molecular flexibility index (Phi) is 6.13. The summed E-state index contributed by atoms with van der Waals surface area (Å²) in [6.07, 6.45) is 8.16. The van der Waals surface area contributed by atoms with Crippen LogP contribution in [0, 0.1) is 24.4 Å². The van der Waals surface area contributed by atoms with E-state index in [1.165, 1.54) is 0 Å². The first-order valence-corrected chi connectivity index (χ1v) is 11.4. The Hall–Kier alpha value is -3.92.